The van der Waals surface area contributed by atoms with Crippen LogP contribution < -0.4 is 16.0 Å². The largest absolute Gasteiger partial charge is 0.424 e. The van der Waals surface area contributed by atoms with Crippen molar-refractivity contribution in [1.82, 2.24) is 4.98 Å². The quantitative estimate of drug-likeness (QED) is 0.416. The molecule has 1 saturated carbocycles. The van der Waals surface area contributed by atoms with Gasteiger partial charge in [-0.3, -0.25) is 4.79 Å². The Kier molecular flexibility index (Phi) is 7.18. The van der Waals surface area contributed by atoms with Gasteiger partial charge < -0.3 is 20.4 Å². The van der Waals surface area contributed by atoms with E-state index in [-0.39, 0.29) is 5.41 Å². The highest BCUT2D eigenvalue weighted by Gasteiger charge is 2.37. The number of nitrogens with one attached hydrogen (secondary N) is 1. The predicted molar refractivity (Wildman–Crippen MR) is 145 cm³/mol. The Bertz CT molecular complexity index is 1280. The minimum absolute atomic E-state index is 0.227. The third-order valence-electron chi connectivity index (χ3n) is 8.05. The molecule has 1 saturated heterocycles. The van der Waals surface area contributed by atoms with Gasteiger partial charge in [-0.05, 0) is 79.8 Å². The fraction of sp³-hybridized carbons (Fsp3) is 0.433. The van der Waals surface area contributed by atoms with Crippen LogP contribution in [0.2, 0.25) is 0 Å². The fourth-order valence-corrected chi connectivity index (χ4v) is 6.18. The lowest BCUT2D eigenvalue weighted by atomic mass is 9.70. The molecule has 0 bridgehead atoms. The lowest BCUT2D eigenvalue weighted by molar-refractivity contribution is 0.100. The first-order valence-electron chi connectivity index (χ1n) is 13.3. The molecule has 3 aromatic rings. The summed E-state index contributed by atoms with van der Waals surface area (Å²) in [5.74, 6) is 0.710. The normalized spacial score (nSPS) is 23.8. The van der Waals surface area contributed by atoms with E-state index < -0.39 is 5.91 Å². The topological polar surface area (TPSA) is 108 Å². The maximum Gasteiger partial charge on any atom is 0.295 e. The molecule has 0 unspecified atom stereocenters. The molecule has 3 N–H and O–H groups in total. The Morgan fingerprint density at radius 3 is 2.81 bits per heavy atom. The van der Waals surface area contributed by atoms with Gasteiger partial charge in [0.25, 0.3) is 6.01 Å². The maximum atomic E-state index is 11.6. The van der Waals surface area contributed by atoms with Crippen molar-refractivity contribution in [3.8, 4) is 17.4 Å². The average molecular weight is 498 g/mol. The number of carbonyl (C=O) groups excluding carboxylic acids is 1. The van der Waals surface area contributed by atoms with Crippen LogP contribution >= 0.6 is 0 Å². The first-order valence-corrected chi connectivity index (χ1v) is 13.3. The predicted octanol–water partition coefficient (Wildman–Crippen LogP) is 5.98. The molecule has 2 heterocycles. The van der Waals surface area contributed by atoms with Gasteiger partial charge in [0.1, 0.15) is 0 Å². The molecule has 192 valence electrons. The van der Waals surface area contributed by atoms with Crippen LogP contribution in [0, 0.1) is 22.7 Å². The lowest BCUT2D eigenvalue weighted by Gasteiger charge is -2.45. The van der Waals surface area contributed by atoms with Crippen molar-refractivity contribution < 1.29 is 9.21 Å². The number of anilines is 2. The molecule has 7 nitrogen and oxygen atoms in total. The second kappa shape index (κ2) is 10.7. The third-order valence-corrected chi connectivity index (χ3v) is 8.05. The zero-order valence-corrected chi connectivity index (χ0v) is 21.5. The highest BCUT2D eigenvalue weighted by Crippen LogP contribution is 2.42. The summed E-state index contributed by atoms with van der Waals surface area (Å²) in [6.45, 7) is 4.52. The molecule has 1 aromatic heterocycles. The molecule has 1 aliphatic heterocycles. The van der Waals surface area contributed by atoms with Gasteiger partial charge in [0, 0.05) is 35.9 Å². The van der Waals surface area contributed by atoms with Gasteiger partial charge in [-0.2, -0.15) is 5.26 Å². The van der Waals surface area contributed by atoms with Crippen molar-refractivity contribution in [3.63, 3.8) is 0 Å². The van der Waals surface area contributed by atoms with Gasteiger partial charge in [-0.1, -0.05) is 31.9 Å². The highest BCUT2D eigenvalue weighted by atomic mass is 16.4. The summed E-state index contributed by atoms with van der Waals surface area (Å²) in [7, 11) is 0. The third kappa shape index (κ3) is 5.80. The number of rotatable bonds is 7. The van der Waals surface area contributed by atoms with Crippen molar-refractivity contribution in [1.29, 1.82) is 5.26 Å². The molecule has 7 heteroatoms. The molecule has 0 radical (unpaired) electrons. The molecular formula is C30H35N5O2. The Morgan fingerprint density at radius 1 is 1.22 bits per heavy atom. The zero-order valence-electron chi connectivity index (χ0n) is 21.5. The van der Waals surface area contributed by atoms with Crippen molar-refractivity contribution in [2.75, 3.05) is 23.3 Å². The van der Waals surface area contributed by atoms with Gasteiger partial charge in [-0.15, -0.1) is 0 Å². The maximum absolute atomic E-state index is 11.6. The number of nitrogens with zero attached hydrogens (tertiary/aromatic N) is 3. The van der Waals surface area contributed by atoms with Gasteiger partial charge in [-0.25, -0.2) is 4.98 Å². The Balaban J connectivity index is 1.26. The summed E-state index contributed by atoms with van der Waals surface area (Å²) in [4.78, 5) is 18.5. The number of hydrogen-bond acceptors (Lipinski definition) is 6. The molecule has 0 spiro atoms. The van der Waals surface area contributed by atoms with Crippen LogP contribution in [0.4, 0.5) is 11.7 Å². The first-order chi connectivity index (χ1) is 17.9. The van der Waals surface area contributed by atoms with Gasteiger partial charge in [0.05, 0.1) is 17.8 Å². The number of aromatic nitrogens is 1. The van der Waals surface area contributed by atoms with Gasteiger partial charge >= 0.3 is 0 Å². The minimum Gasteiger partial charge on any atom is -0.424 e. The minimum atomic E-state index is -0.460. The Labute approximate surface area is 218 Å². The van der Waals surface area contributed by atoms with E-state index >= 15 is 0 Å². The summed E-state index contributed by atoms with van der Waals surface area (Å²) in [6.07, 6.45) is 10.0. The molecule has 2 fully saturated rings. The molecule has 1 aliphatic carbocycles. The van der Waals surface area contributed by atoms with Crippen molar-refractivity contribution in [3.05, 3.63) is 65.9 Å². The first kappa shape index (κ1) is 24.9. The lowest BCUT2D eigenvalue weighted by Crippen LogP contribution is -2.45. The second-order valence-electron chi connectivity index (χ2n) is 11.0. The van der Waals surface area contributed by atoms with Gasteiger partial charge in [0.15, 0.2) is 5.76 Å². The molecule has 2 aromatic carbocycles. The standard InChI is InChI=1S/C30H35N5O2/c1-30(14-5-15-35(20-30)25-12-10-21(18-31)11-13-25)17-24-6-2-3-9-26(24)34-29-33-19-27(37-29)22-7-4-8-23(16-22)28(32)36/h4,7-8,10-13,16,19,24,26H,2-3,5-6,9,14-15,17,20H2,1H3,(H2,32,36)(H,33,34)/t24-,26+,30+/m0/s1. The van der Waals surface area contributed by atoms with E-state index in [9.17, 15) is 4.79 Å². The summed E-state index contributed by atoms with van der Waals surface area (Å²) < 4.78 is 6.06. The van der Waals surface area contributed by atoms with Crippen molar-refractivity contribution in [2.24, 2.45) is 17.1 Å². The fourth-order valence-electron chi connectivity index (χ4n) is 6.18. The summed E-state index contributed by atoms with van der Waals surface area (Å²) >= 11 is 0. The van der Waals surface area contributed by atoms with E-state index in [2.05, 4.69) is 40.3 Å². The number of piperidine rings is 1. The van der Waals surface area contributed by atoms with E-state index in [0.29, 0.717) is 34.9 Å². The van der Waals surface area contributed by atoms with E-state index in [0.717, 1.165) is 31.5 Å². The van der Waals surface area contributed by atoms with Crippen molar-refractivity contribution >= 4 is 17.6 Å². The van der Waals surface area contributed by atoms with Crippen LogP contribution in [-0.2, 0) is 0 Å². The zero-order chi connectivity index (χ0) is 25.8. The monoisotopic (exact) mass is 497 g/mol. The van der Waals surface area contributed by atoms with Crippen LogP contribution in [0.25, 0.3) is 11.3 Å². The Morgan fingerprint density at radius 2 is 2.03 bits per heavy atom. The summed E-state index contributed by atoms with van der Waals surface area (Å²) in [5.41, 5.74) is 8.81. The molecule has 37 heavy (non-hydrogen) atoms. The van der Waals surface area contributed by atoms with Crippen LogP contribution in [0.3, 0.4) is 0 Å². The molecule has 5 rings (SSSR count). The number of hydrogen-bond donors (Lipinski definition) is 2. The van der Waals surface area contributed by atoms with Crippen LogP contribution in [0.15, 0.2) is 59.1 Å². The molecule has 3 atom stereocenters. The number of carbonyl (C=O) groups is 1. The Hall–Kier alpha value is -3.79. The number of nitriles is 1. The SMILES string of the molecule is C[C@]1(C[C@@H]2CCCC[C@H]2Nc2ncc(-c3cccc(C(N)=O)c3)o2)CCCN(c2ccc(C#N)cc2)C1. The molecule has 1 amide bonds. The van der Waals surface area contributed by atoms with E-state index in [1.165, 1.54) is 37.8 Å². The van der Waals surface area contributed by atoms with Crippen LogP contribution in [-0.4, -0.2) is 30.0 Å². The van der Waals surface area contributed by atoms with E-state index in [4.69, 9.17) is 15.4 Å². The van der Waals surface area contributed by atoms with E-state index in [1.54, 1.807) is 24.4 Å². The highest BCUT2D eigenvalue weighted by molar-refractivity contribution is 5.93. The number of primary amides is 1. The van der Waals surface area contributed by atoms with E-state index in [1.807, 2.05) is 18.2 Å². The van der Waals surface area contributed by atoms with Gasteiger partial charge in [0.2, 0.25) is 5.91 Å². The smallest absolute Gasteiger partial charge is 0.295 e. The number of oxazole rings is 1. The number of amides is 1. The average Bonchev–Trinajstić information content (AvgIpc) is 3.38. The summed E-state index contributed by atoms with van der Waals surface area (Å²) in [5, 5.41) is 12.7. The molecular weight excluding hydrogens is 462 g/mol. The van der Waals surface area contributed by atoms with Crippen LogP contribution in [0.5, 0.6) is 0 Å². The number of nitrogens with two attached hydrogens (primary N) is 1. The van der Waals surface area contributed by atoms with Crippen molar-refractivity contribution in [2.45, 2.75) is 57.9 Å². The van der Waals surface area contributed by atoms with Crippen LogP contribution in [0.1, 0.15) is 67.8 Å². The number of benzene rings is 2. The summed E-state index contributed by atoms with van der Waals surface area (Å²) in [6, 6.07) is 18.2. The second-order valence-corrected chi connectivity index (χ2v) is 11.0. The molecule has 2 aliphatic rings.